The highest BCUT2D eigenvalue weighted by Crippen LogP contribution is 2.19. The Morgan fingerprint density at radius 1 is 1.00 bits per heavy atom. The summed E-state index contributed by atoms with van der Waals surface area (Å²) in [6.07, 6.45) is 6.70. The average molecular weight is 230 g/mol. The predicted octanol–water partition coefficient (Wildman–Crippen LogP) is 5.12. The zero-order valence-corrected chi connectivity index (χ0v) is 12.0. The Morgan fingerprint density at radius 3 is 2.18 bits per heavy atom. The highest BCUT2D eigenvalue weighted by atomic mass is 14.1. The molecule has 0 bridgehead atoms. The minimum atomic E-state index is 0.716. The molecular formula is C17H26. The van der Waals surface area contributed by atoms with Gasteiger partial charge < -0.3 is 0 Å². The van der Waals surface area contributed by atoms with Crippen molar-refractivity contribution in [2.45, 2.75) is 47.5 Å². The maximum atomic E-state index is 2.40. The Kier molecular flexibility index (Phi) is 5.47. The molecule has 0 aliphatic rings. The predicted molar refractivity (Wildman–Crippen MR) is 78.2 cm³/mol. The zero-order chi connectivity index (χ0) is 12.8. The van der Waals surface area contributed by atoms with Crippen LogP contribution in [0.1, 0.15) is 51.3 Å². The van der Waals surface area contributed by atoms with Gasteiger partial charge in [-0.05, 0) is 48.3 Å². The van der Waals surface area contributed by atoms with E-state index in [4.69, 9.17) is 0 Å². The summed E-state index contributed by atoms with van der Waals surface area (Å²) in [6, 6.07) is 6.95. The van der Waals surface area contributed by atoms with E-state index >= 15 is 0 Å². The fourth-order valence-electron chi connectivity index (χ4n) is 2.22. The highest BCUT2D eigenvalue weighted by Gasteiger charge is 2.05. The Hall–Kier alpha value is -1.04. The molecule has 0 aliphatic heterocycles. The summed E-state index contributed by atoms with van der Waals surface area (Å²) in [6.45, 7) is 11.2. The maximum absolute atomic E-state index is 2.40. The van der Waals surface area contributed by atoms with Gasteiger partial charge in [0.25, 0.3) is 0 Å². The molecule has 1 aromatic rings. The largest absolute Gasteiger partial charge is 0.0871 e. The Labute approximate surface area is 107 Å². The second-order valence-electron chi connectivity index (χ2n) is 5.73. The maximum Gasteiger partial charge on any atom is -0.0228 e. The second-order valence-corrected chi connectivity index (χ2v) is 5.73. The van der Waals surface area contributed by atoms with Gasteiger partial charge in [0.2, 0.25) is 0 Å². The molecule has 0 amide bonds. The van der Waals surface area contributed by atoms with Gasteiger partial charge in [-0.25, -0.2) is 0 Å². The Bertz CT molecular complexity index is 370. The van der Waals surface area contributed by atoms with Crippen LogP contribution >= 0.6 is 0 Å². The van der Waals surface area contributed by atoms with Crippen LogP contribution in [0.2, 0.25) is 0 Å². The van der Waals surface area contributed by atoms with Gasteiger partial charge in [0.15, 0.2) is 0 Å². The topological polar surface area (TPSA) is 0 Å². The van der Waals surface area contributed by atoms with E-state index in [1.807, 2.05) is 0 Å². The number of benzene rings is 1. The molecule has 17 heavy (non-hydrogen) atoms. The van der Waals surface area contributed by atoms with Gasteiger partial charge in [-0.15, -0.1) is 0 Å². The molecule has 0 spiro atoms. The molecule has 0 aromatic heterocycles. The molecule has 0 N–H and O–H groups in total. The van der Waals surface area contributed by atoms with Gasteiger partial charge >= 0.3 is 0 Å². The zero-order valence-electron chi connectivity index (χ0n) is 12.0. The molecule has 0 saturated heterocycles. The minimum Gasteiger partial charge on any atom is -0.0871 e. The number of rotatable bonds is 5. The standard InChI is InChI=1S/C17H26/c1-6-7-16-9-8-15(10-13(2)3)12-17(16)11-14(4)5/h6-9,12-14H,10-11H2,1-5H3. The third kappa shape index (κ3) is 4.77. The Morgan fingerprint density at radius 2 is 1.65 bits per heavy atom. The third-order valence-electron chi connectivity index (χ3n) is 2.83. The van der Waals surface area contributed by atoms with Crippen LogP contribution < -0.4 is 0 Å². The lowest BCUT2D eigenvalue weighted by molar-refractivity contribution is 0.635. The van der Waals surface area contributed by atoms with Crippen molar-refractivity contribution in [2.75, 3.05) is 0 Å². The number of allylic oxidation sites excluding steroid dienone is 1. The summed E-state index contributed by atoms with van der Waals surface area (Å²) in [5, 5.41) is 0. The summed E-state index contributed by atoms with van der Waals surface area (Å²) in [5.41, 5.74) is 4.36. The molecule has 1 aromatic carbocycles. The molecule has 94 valence electrons. The van der Waals surface area contributed by atoms with Crippen LogP contribution in [0.3, 0.4) is 0 Å². The van der Waals surface area contributed by atoms with E-state index in [9.17, 15) is 0 Å². The van der Waals surface area contributed by atoms with Crippen molar-refractivity contribution in [3.8, 4) is 0 Å². The first-order valence-electron chi connectivity index (χ1n) is 6.77. The van der Waals surface area contributed by atoms with Gasteiger partial charge in [0.05, 0.1) is 0 Å². The van der Waals surface area contributed by atoms with E-state index < -0.39 is 0 Å². The molecule has 0 radical (unpaired) electrons. The van der Waals surface area contributed by atoms with E-state index in [1.54, 1.807) is 0 Å². The molecule has 0 fully saturated rings. The second kappa shape index (κ2) is 6.64. The summed E-state index contributed by atoms with van der Waals surface area (Å²) in [7, 11) is 0. The molecule has 0 atom stereocenters. The molecule has 0 saturated carbocycles. The molecule has 0 unspecified atom stereocenters. The van der Waals surface area contributed by atoms with Gasteiger partial charge in [-0.2, -0.15) is 0 Å². The first kappa shape index (κ1) is 14.0. The van der Waals surface area contributed by atoms with Crippen molar-refractivity contribution in [3.05, 3.63) is 41.0 Å². The van der Waals surface area contributed by atoms with E-state index in [0.29, 0.717) is 5.92 Å². The van der Waals surface area contributed by atoms with Crippen molar-refractivity contribution < 1.29 is 0 Å². The molecule has 0 aliphatic carbocycles. The average Bonchev–Trinajstić information content (AvgIpc) is 2.20. The van der Waals surface area contributed by atoms with Crippen molar-refractivity contribution in [1.29, 1.82) is 0 Å². The SMILES string of the molecule is CC=Cc1ccc(CC(C)C)cc1CC(C)C. The van der Waals surface area contributed by atoms with Gasteiger partial charge in [-0.1, -0.05) is 58.0 Å². The van der Waals surface area contributed by atoms with Crippen LogP contribution in [-0.2, 0) is 12.8 Å². The van der Waals surface area contributed by atoms with Crippen LogP contribution in [0.15, 0.2) is 24.3 Å². The molecule has 0 heteroatoms. The van der Waals surface area contributed by atoms with Crippen molar-refractivity contribution in [1.82, 2.24) is 0 Å². The summed E-state index contributed by atoms with van der Waals surface area (Å²) >= 11 is 0. The van der Waals surface area contributed by atoms with Crippen LogP contribution in [0.5, 0.6) is 0 Å². The summed E-state index contributed by atoms with van der Waals surface area (Å²) < 4.78 is 0. The molecule has 0 nitrogen and oxygen atoms in total. The first-order chi connectivity index (χ1) is 8.02. The van der Waals surface area contributed by atoms with Crippen molar-refractivity contribution >= 4 is 6.08 Å². The Balaban J connectivity index is 3.00. The molecular weight excluding hydrogens is 204 g/mol. The highest BCUT2D eigenvalue weighted by molar-refractivity contribution is 5.54. The smallest absolute Gasteiger partial charge is 0.0228 e. The van der Waals surface area contributed by atoms with Gasteiger partial charge in [-0.3, -0.25) is 0 Å². The van der Waals surface area contributed by atoms with Crippen LogP contribution in [-0.4, -0.2) is 0 Å². The van der Waals surface area contributed by atoms with Crippen molar-refractivity contribution in [2.24, 2.45) is 11.8 Å². The van der Waals surface area contributed by atoms with Gasteiger partial charge in [0.1, 0.15) is 0 Å². The van der Waals surface area contributed by atoms with Crippen LogP contribution in [0, 0.1) is 11.8 Å². The summed E-state index contributed by atoms with van der Waals surface area (Å²) in [4.78, 5) is 0. The van der Waals surface area contributed by atoms with Crippen molar-refractivity contribution in [3.63, 3.8) is 0 Å². The lowest BCUT2D eigenvalue weighted by Gasteiger charge is -2.12. The van der Waals surface area contributed by atoms with Crippen LogP contribution in [0.4, 0.5) is 0 Å². The summed E-state index contributed by atoms with van der Waals surface area (Å²) in [5.74, 6) is 1.45. The third-order valence-corrected chi connectivity index (χ3v) is 2.83. The normalized spacial score (nSPS) is 11.9. The van der Waals surface area contributed by atoms with E-state index in [1.165, 1.54) is 29.5 Å². The molecule has 0 heterocycles. The number of hydrogen-bond donors (Lipinski definition) is 0. The quantitative estimate of drug-likeness (QED) is 0.659. The van der Waals surface area contributed by atoms with E-state index in [0.717, 1.165) is 5.92 Å². The first-order valence-corrected chi connectivity index (χ1v) is 6.77. The fourth-order valence-corrected chi connectivity index (χ4v) is 2.22. The van der Waals surface area contributed by atoms with E-state index in [2.05, 4.69) is 65.0 Å². The van der Waals surface area contributed by atoms with E-state index in [-0.39, 0.29) is 0 Å². The minimum absolute atomic E-state index is 0.716. The lowest BCUT2D eigenvalue weighted by Crippen LogP contribution is -2.00. The lowest BCUT2D eigenvalue weighted by atomic mass is 9.93. The molecule has 1 rings (SSSR count). The monoisotopic (exact) mass is 230 g/mol. The van der Waals surface area contributed by atoms with Gasteiger partial charge in [0, 0.05) is 0 Å². The number of hydrogen-bond acceptors (Lipinski definition) is 0. The van der Waals surface area contributed by atoms with Crippen LogP contribution in [0.25, 0.3) is 6.08 Å². The fraction of sp³-hybridized carbons (Fsp3) is 0.529.